The van der Waals surface area contributed by atoms with E-state index in [4.69, 9.17) is 18.6 Å². The summed E-state index contributed by atoms with van der Waals surface area (Å²) in [6.07, 6.45) is 2.14. The maximum Gasteiger partial charge on any atom is 0.103 e. The van der Waals surface area contributed by atoms with Crippen LogP contribution >= 0.6 is 35.3 Å². The smallest absolute Gasteiger partial charge is 0.103 e. The van der Waals surface area contributed by atoms with E-state index in [1.165, 1.54) is 0 Å². The van der Waals surface area contributed by atoms with Crippen molar-refractivity contribution >= 4 is 35.3 Å². The lowest BCUT2D eigenvalue weighted by Crippen LogP contribution is -2.58. The minimum absolute atomic E-state index is 0.736. The fourth-order valence-electron chi connectivity index (χ4n) is 0.336. The van der Waals surface area contributed by atoms with Crippen molar-refractivity contribution in [2.45, 2.75) is 3.91 Å². The van der Waals surface area contributed by atoms with Gasteiger partial charge in [0.25, 0.3) is 0 Å². The summed E-state index contributed by atoms with van der Waals surface area (Å²) in [4.78, 5) is 0. The molecule has 1 aliphatic heterocycles. The van der Waals surface area contributed by atoms with Gasteiger partial charge in [0.2, 0.25) is 0 Å². The zero-order chi connectivity index (χ0) is 9.61. The Bertz CT molecular complexity index is 134. The normalized spacial score (nSPS) is 17.4. The Kier molecular flexibility index (Phi) is 6.87. The van der Waals surface area contributed by atoms with Crippen LogP contribution in [0.3, 0.4) is 0 Å². The highest BCUT2D eigenvalue weighted by atomic mass is 35.7. The predicted octanol–water partition coefficient (Wildman–Crippen LogP) is -1.54. The highest BCUT2D eigenvalue weighted by Crippen LogP contribution is 2.39. The monoisotopic (exact) mass is 250 g/mol. The van der Waals surface area contributed by atoms with Crippen molar-refractivity contribution in [3.63, 3.8) is 0 Å². The first-order valence-electron chi connectivity index (χ1n) is 2.55. The summed E-state index contributed by atoms with van der Waals surface area (Å²) in [5, 5.41) is 4.29. The Morgan fingerprint density at radius 2 is 1.67 bits per heavy atom. The average molecular weight is 251 g/mol. The first-order chi connectivity index (χ1) is 5.43. The van der Waals surface area contributed by atoms with E-state index in [1.807, 2.05) is 35.3 Å². The highest BCUT2D eigenvalue weighted by Gasteiger charge is 2.07. The molecule has 0 saturated heterocycles. The lowest BCUT2D eigenvalue weighted by Gasteiger charge is -2.03. The Hall–Kier alpha value is 0.920. The van der Waals surface area contributed by atoms with Crippen LogP contribution in [0, 0.1) is 10.2 Å². The van der Waals surface area contributed by atoms with Gasteiger partial charge in [-0.25, -0.2) is 0 Å². The van der Waals surface area contributed by atoms with Crippen LogP contribution in [-0.4, -0.2) is 14.8 Å². The summed E-state index contributed by atoms with van der Waals surface area (Å²) in [6, 6.07) is 0. The lowest BCUT2D eigenvalue weighted by atomic mass is 11.3. The predicted molar refractivity (Wildman–Crippen MR) is 43.8 cm³/mol. The van der Waals surface area contributed by atoms with Gasteiger partial charge >= 0.3 is 0 Å². The second-order valence-corrected chi connectivity index (χ2v) is 6.13. The van der Waals surface area contributed by atoms with E-state index >= 15 is 0 Å². The van der Waals surface area contributed by atoms with Gasteiger partial charge in [0, 0.05) is 0 Å². The van der Waals surface area contributed by atoms with E-state index in [0.717, 1.165) is 3.91 Å². The van der Waals surface area contributed by atoms with Crippen LogP contribution in [0.5, 0.6) is 0 Å². The summed E-state index contributed by atoms with van der Waals surface area (Å²) in [5.41, 5.74) is 0. The first kappa shape index (κ1) is 12.9. The molecular formula is C4H7ClO4S3. The van der Waals surface area contributed by atoms with Crippen LogP contribution in [0.4, 0.5) is 0 Å². The molecule has 0 fully saturated rings. The molecule has 0 radical (unpaired) electrons. The van der Waals surface area contributed by atoms with Crippen molar-refractivity contribution in [1.29, 1.82) is 0 Å². The Morgan fingerprint density at radius 1 is 1.33 bits per heavy atom. The van der Waals surface area contributed by atoms with E-state index in [0.29, 0.717) is 0 Å². The third-order valence-corrected chi connectivity index (χ3v) is 4.70. The number of hydrogen-bond acceptors (Lipinski definition) is 7. The van der Waals surface area contributed by atoms with Crippen molar-refractivity contribution in [3.05, 3.63) is 10.8 Å². The third-order valence-electron chi connectivity index (χ3n) is 0.627. The molecule has 0 bridgehead atoms. The fourth-order valence-corrected chi connectivity index (χ4v) is 3.02. The number of rotatable bonds is 1. The van der Waals surface area contributed by atoms with Gasteiger partial charge < -0.3 is 0 Å². The van der Waals surface area contributed by atoms with Gasteiger partial charge in [-0.1, -0.05) is 0 Å². The third kappa shape index (κ3) is 10.9. The summed E-state index contributed by atoms with van der Waals surface area (Å²) in [6.45, 7) is 0. The molecule has 1 heterocycles. The number of hydrogen-bond donors (Lipinski definition) is 1. The fraction of sp³-hybridized carbons (Fsp3) is 0.500. The lowest BCUT2D eigenvalue weighted by molar-refractivity contribution is -1.92. The summed E-state index contributed by atoms with van der Waals surface area (Å²) in [7, 11) is -4.69. The quantitative estimate of drug-likeness (QED) is 0.603. The highest BCUT2D eigenvalue weighted by molar-refractivity contribution is 8.35. The molecule has 1 rings (SSSR count). The van der Waals surface area contributed by atoms with E-state index in [2.05, 4.69) is 17.1 Å². The Morgan fingerprint density at radius 3 is 1.83 bits per heavy atom. The average Bonchev–Trinajstić information content (AvgIpc) is 2.33. The molecule has 0 unspecified atom stereocenters. The largest absolute Gasteiger partial charge is 0.183 e. The SMILES string of the molecule is CSC1SC=CS1.[O-][Cl+3]([O-])([O-])O. The van der Waals surface area contributed by atoms with E-state index in [9.17, 15) is 0 Å². The number of thioether (sulfide) groups is 3. The zero-order valence-corrected chi connectivity index (χ0v) is 9.21. The molecule has 1 aliphatic rings. The van der Waals surface area contributed by atoms with Crippen LogP contribution in [0.15, 0.2) is 10.8 Å². The molecule has 4 nitrogen and oxygen atoms in total. The molecule has 0 aromatic carbocycles. The van der Waals surface area contributed by atoms with Crippen LogP contribution in [0.25, 0.3) is 0 Å². The van der Waals surface area contributed by atoms with Crippen molar-refractivity contribution in [2.75, 3.05) is 6.26 Å². The molecule has 0 aliphatic carbocycles. The molecule has 0 atom stereocenters. The summed E-state index contributed by atoms with van der Waals surface area (Å²) < 4.78 is 33.5. The first-order valence-corrected chi connectivity index (χ1v) is 6.99. The van der Waals surface area contributed by atoms with E-state index in [1.54, 1.807) is 0 Å². The van der Waals surface area contributed by atoms with Crippen LogP contribution in [0.1, 0.15) is 0 Å². The molecule has 1 N–H and O–H groups in total. The molecular weight excluding hydrogens is 244 g/mol. The number of halogens is 1. The summed E-state index contributed by atoms with van der Waals surface area (Å²) in [5.74, 6) is 0. The van der Waals surface area contributed by atoms with Crippen molar-refractivity contribution in [1.82, 2.24) is 0 Å². The van der Waals surface area contributed by atoms with Crippen LogP contribution in [0.2, 0.25) is 0 Å². The van der Waals surface area contributed by atoms with Gasteiger partial charge in [-0.05, 0) is 17.1 Å². The molecule has 0 amide bonds. The molecule has 8 heteroatoms. The molecule has 0 saturated carbocycles. The summed E-state index contributed by atoms with van der Waals surface area (Å²) >= 11 is 5.67. The molecule has 72 valence electrons. The maximum absolute atomic E-state index is 8.60. The van der Waals surface area contributed by atoms with Crippen LogP contribution in [-0.2, 0) is 0 Å². The molecule has 12 heavy (non-hydrogen) atoms. The Labute approximate surface area is 85.2 Å². The second-order valence-electron chi connectivity index (χ2n) is 1.46. The van der Waals surface area contributed by atoms with Crippen molar-refractivity contribution in [3.8, 4) is 0 Å². The topological polar surface area (TPSA) is 89.4 Å². The minimum Gasteiger partial charge on any atom is -0.183 e. The van der Waals surface area contributed by atoms with Gasteiger partial charge in [0.05, 0.1) is 14.9 Å². The molecule has 0 aromatic heterocycles. The van der Waals surface area contributed by atoms with Crippen LogP contribution < -0.4 is 14.0 Å². The van der Waals surface area contributed by atoms with Gasteiger partial charge in [0.15, 0.2) is 0 Å². The van der Waals surface area contributed by atoms with Gasteiger partial charge in [-0.3, -0.25) is 0 Å². The van der Waals surface area contributed by atoms with E-state index < -0.39 is 10.2 Å². The van der Waals surface area contributed by atoms with Gasteiger partial charge in [-0.15, -0.1) is 35.3 Å². The standard InChI is InChI=1S/C4H6S3.ClHO4/c1-5-4-6-2-3-7-4;2-1(3,4)5/h2-4H,1H3;(H,2,3,4,5). The van der Waals surface area contributed by atoms with E-state index in [-0.39, 0.29) is 0 Å². The van der Waals surface area contributed by atoms with Gasteiger partial charge in [0.1, 0.15) is 3.91 Å². The molecule has 0 aromatic rings. The van der Waals surface area contributed by atoms with Gasteiger partial charge in [-0.2, -0.15) is 14.0 Å². The minimum atomic E-state index is -4.69. The molecule has 0 spiro atoms. The zero-order valence-electron chi connectivity index (χ0n) is 6.01. The second kappa shape index (κ2) is 6.39. The van der Waals surface area contributed by atoms with Crippen molar-refractivity contribution < 1.29 is 28.9 Å². The maximum atomic E-state index is 8.60. The Balaban J connectivity index is 0.000000217. The van der Waals surface area contributed by atoms with Crippen molar-refractivity contribution in [2.24, 2.45) is 0 Å².